The van der Waals surface area contributed by atoms with Crippen molar-refractivity contribution < 1.29 is 8.81 Å². The average Bonchev–Trinajstić information content (AvgIpc) is 3.28. The number of nitrogens with zero attached hydrogens (tertiary/aromatic N) is 4. The van der Waals surface area contributed by atoms with Crippen molar-refractivity contribution in [3.8, 4) is 0 Å². The molecule has 0 bridgehead atoms. The van der Waals surface area contributed by atoms with E-state index in [4.69, 9.17) is 4.42 Å². The number of guanidine groups is 1. The maximum Gasteiger partial charge on any atom is 0.213 e. The zero-order valence-electron chi connectivity index (χ0n) is 16.3. The summed E-state index contributed by atoms with van der Waals surface area (Å²) in [7, 11) is 1.72. The first-order chi connectivity index (χ1) is 12.9. The fraction of sp³-hybridized carbons (Fsp3) is 0.526. The van der Waals surface area contributed by atoms with Gasteiger partial charge >= 0.3 is 0 Å². The number of nitrogens with one attached hydrogen (secondary N) is 2. The van der Waals surface area contributed by atoms with Crippen molar-refractivity contribution in [3.63, 3.8) is 0 Å². The topological polar surface area (TPSA) is 78.6 Å². The van der Waals surface area contributed by atoms with Crippen molar-refractivity contribution in [3.05, 3.63) is 42.0 Å². The van der Waals surface area contributed by atoms with Crippen LogP contribution in [0, 0.1) is 5.82 Å². The van der Waals surface area contributed by atoms with E-state index < -0.39 is 0 Å². The second-order valence-corrected chi connectivity index (χ2v) is 7.68. The van der Waals surface area contributed by atoms with Gasteiger partial charge in [-0.05, 0) is 18.6 Å². The molecule has 3 heterocycles. The summed E-state index contributed by atoms with van der Waals surface area (Å²) in [6.07, 6.45) is 4.26. The van der Waals surface area contributed by atoms with Gasteiger partial charge in [0.25, 0.3) is 0 Å². The van der Waals surface area contributed by atoms with E-state index in [1.165, 1.54) is 6.07 Å². The molecule has 27 heavy (non-hydrogen) atoms. The minimum absolute atomic E-state index is 0.0702. The summed E-state index contributed by atoms with van der Waals surface area (Å²) in [6, 6.07) is 3.20. The maximum atomic E-state index is 13.9. The number of aromatic nitrogens is 2. The van der Waals surface area contributed by atoms with Crippen LogP contribution < -0.4 is 15.5 Å². The largest absolute Gasteiger partial charge is 0.443 e. The number of hydrogen-bond acceptors (Lipinski definition) is 5. The summed E-state index contributed by atoms with van der Waals surface area (Å²) in [5, 5.41) is 6.59. The van der Waals surface area contributed by atoms with Crippen molar-refractivity contribution in [1.82, 2.24) is 20.6 Å². The second kappa shape index (κ2) is 7.94. The third-order valence-electron chi connectivity index (χ3n) is 4.49. The standard InChI is InChI=1S/C19H27FN6O/c1-19(2,3)15-10-23-16(27-15)11-24-18(21-4)25-13-7-9-26(12-13)17-14(20)6-5-8-22-17/h5-6,8,10,13H,7,9,11-12H2,1-4H3,(H2,21,24,25). The number of aliphatic imine (C=N–C) groups is 1. The van der Waals surface area contributed by atoms with Crippen LogP contribution in [-0.4, -0.2) is 42.1 Å². The van der Waals surface area contributed by atoms with Crippen LogP contribution in [0.4, 0.5) is 10.2 Å². The molecule has 2 aromatic rings. The highest BCUT2D eigenvalue weighted by Crippen LogP contribution is 2.23. The fourth-order valence-corrected chi connectivity index (χ4v) is 2.97. The van der Waals surface area contributed by atoms with E-state index in [1.54, 1.807) is 25.5 Å². The Kier molecular flexibility index (Phi) is 5.62. The van der Waals surface area contributed by atoms with Crippen LogP contribution in [-0.2, 0) is 12.0 Å². The zero-order chi connectivity index (χ0) is 19.4. The first-order valence-corrected chi connectivity index (χ1v) is 9.14. The van der Waals surface area contributed by atoms with E-state index in [2.05, 4.69) is 46.4 Å². The quantitative estimate of drug-likeness (QED) is 0.632. The van der Waals surface area contributed by atoms with E-state index in [9.17, 15) is 4.39 Å². The smallest absolute Gasteiger partial charge is 0.213 e. The zero-order valence-corrected chi connectivity index (χ0v) is 16.3. The molecular formula is C19H27FN6O. The van der Waals surface area contributed by atoms with Crippen LogP contribution in [0.2, 0.25) is 0 Å². The molecular weight excluding hydrogens is 347 g/mol. The third-order valence-corrected chi connectivity index (χ3v) is 4.49. The highest BCUT2D eigenvalue weighted by Gasteiger charge is 2.26. The minimum Gasteiger partial charge on any atom is -0.443 e. The van der Waals surface area contributed by atoms with E-state index in [0.717, 1.165) is 18.7 Å². The predicted octanol–water partition coefficient (Wildman–Crippen LogP) is 2.45. The van der Waals surface area contributed by atoms with Crippen molar-refractivity contribution in [1.29, 1.82) is 0 Å². The predicted molar refractivity (Wildman–Crippen MR) is 103 cm³/mol. The molecule has 1 atom stereocenters. The molecule has 0 amide bonds. The van der Waals surface area contributed by atoms with Gasteiger partial charge < -0.3 is 20.0 Å². The molecule has 0 spiro atoms. The summed E-state index contributed by atoms with van der Waals surface area (Å²) >= 11 is 0. The van der Waals surface area contributed by atoms with Crippen molar-refractivity contribution in [2.24, 2.45) is 4.99 Å². The summed E-state index contributed by atoms with van der Waals surface area (Å²) in [6.45, 7) is 8.12. The van der Waals surface area contributed by atoms with Gasteiger partial charge in [-0.3, -0.25) is 4.99 Å². The Hall–Kier alpha value is -2.64. The Balaban J connectivity index is 1.52. The van der Waals surface area contributed by atoms with Gasteiger partial charge in [-0.15, -0.1) is 0 Å². The van der Waals surface area contributed by atoms with Crippen LogP contribution >= 0.6 is 0 Å². The molecule has 2 N–H and O–H groups in total. The number of pyridine rings is 1. The molecule has 1 saturated heterocycles. The first kappa shape index (κ1) is 19.1. The molecule has 0 aromatic carbocycles. The Labute approximate surface area is 159 Å². The lowest BCUT2D eigenvalue weighted by Crippen LogP contribution is -2.44. The molecule has 3 rings (SSSR count). The molecule has 1 fully saturated rings. The van der Waals surface area contributed by atoms with Gasteiger partial charge in [0, 0.05) is 37.8 Å². The van der Waals surface area contributed by atoms with Crippen LogP contribution in [0.15, 0.2) is 33.9 Å². The van der Waals surface area contributed by atoms with E-state index in [-0.39, 0.29) is 17.3 Å². The SMILES string of the molecule is CN=C(NCc1ncc(C(C)(C)C)o1)NC1CCN(c2ncccc2F)C1. The average molecular weight is 374 g/mol. The lowest BCUT2D eigenvalue weighted by atomic mass is 9.94. The van der Waals surface area contributed by atoms with Gasteiger partial charge in [-0.25, -0.2) is 14.4 Å². The summed E-state index contributed by atoms with van der Waals surface area (Å²) in [5.74, 6) is 2.25. The molecule has 7 nitrogen and oxygen atoms in total. The molecule has 1 aliphatic heterocycles. The molecule has 1 aliphatic rings. The number of rotatable bonds is 4. The second-order valence-electron chi connectivity index (χ2n) is 7.68. The van der Waals surface area contributed by atoms with Gasteiger partial charge in [-0.1, -0.05) is 20.8 Å². The van der Waals surface area contributed by atoms with Crippen molar-refractivity contribution >= 4 is 11.8 Å². The number of oxazole rings is 1. The molecule has 1 unspecified atom stereocenters. The maximum absolute atomic E-state index is 13.9. The lowest BCUT2D eigenvalue weighted by Gasteiger charge is -2.19. The van der Waals surface area contributed by atoms with Crippen LogP contribution in [0.5, 0.6) is 0 Å². The van der Waals surface area contributed by atoms with Crippen molar-refractivity contribution in [2.75, 3.05) is 25.0 Å². The molecule has 0 aliphatic carbocycles. The Morgan fingerprint density at radius 3 is 2.89 bits per heavy atom. The normalized spacial score (nSPS) is 18.0. The van der Waals surface area contributed by atoms with E-state index in [1.807, 2.05) is 4.90 Å². The lowest BCUT2D eigenvalue weighted by molar-refractivity contribution is 0.379. The monoisotopic (exact) mass is 374 g/mol. The third kappa shape index (κ3) is 4.75. The number of anilines is 1. The molecule has 2 aromatic heterocycles. The number of halogens is 1. The van der Waals surface area contributed by atoms with Crippen LogP contribution in [0.1, 0.15) is 38.8 Å². The summed E-state index contributed by atoms with van der Waals surface area (Å²) < 4.78 is 19.7. The summed E-state index contributed by atoms with van der Waals surface area (Å²) in [4.78, 5) is 14.7. The number of hydrogen-bond donors (Lipinski definition) is 2. The van der Waals surface area contributed by atoms with Gasteiger partial charge in [0.2, 0.25) is 5.89 Å². The Bertz CT molecular complexity index is 797. The highest BCUT2D eigenvalue weighted by molar-refractivity contribution is 5.80. The van der Waals surface area contributed by atoms with Crippen molar-refractivity contribution in [2.45, 2.75) is 45.2 Å². The first-order valence-electron chi connectivity index (χ1n) is 9.14. The molecule has 0 saturated carbocycles. The molecule has 0 radical (unpaired) electrons. The Morgan fingerprint density at radius 2 is 2.22 bits per heavy atom. The van der Waals surface area contributed by atoms with Crippen LogP contribution in [0.3, 0.4) is 0 Å². The Morgan fingerprint density at radius 1 is 1.41 bits per heavy atom. The summed E-state index contributed by atoms with van der Waals surface area (Å²) in [5.41, 5.74) is -0.0702. The van der Waals surface area contributed by atoms with Crippen LogP contribution in [0.25, 0.3) is 0 Å². The van der Waals surface area contributed by atoms with Gasteiger partial charge in [0.15, 0.2) is 17.6 Å². The minimum atomic E-state index is -0.292. The van der Waals surface area contributed by atoms with Gasteiger partial charge in [0.1, 0.15) is 5.76 Å². The van der Waals surface area contributed by atoms with E-state index in [0.29, 0.717) is 30.8 Å². The fourth-order valence-electron chi connectivity index (χ4n) is 2.97. The van der Waals surface area contributed by atoms with Gasteiger partial charge in [-0.2, -0.15) is 0 Å². The molecule has 146 valence electrons. The van der Waals surface area contributed by atoms with Gasteiger partial charge in [0.05, 0.1) is 12.7 Å². The van der Waals surface area contributed by atoms with E-state index >= 15 is 0 Å². The highest BCUT2D eigenvalue weighted by atomic mass is 19.1. The molecule has 8 heteroatoms.